The van der Waals surface area contributed by atoms with Crippen LogP contribution >= 0.6 is 11.6 Å². The maximum atomic E-state index is 13.3. The summed E-state index contributed by atoms with van der Waals surface area (Å²) in [6.45, 7) is 19.6. The third-order valence-corrected chi connectivity index (χ3v) is 9.18. The van der Waals surface area contributed by atoms with Crippen molar-refractivity contribution in [2.45, 2.75) is 92.7 Å². The Hall–Kier alpha value is -5.43. The Bertz CT molecular complexity index is 2100. The lowest BCUT2D eigenvalue weighted by molar-refractivity contribution is 0.0356. The number of ether oxygens (including phenoxy) is 2. The molecule has 0 saturated heterocycles. The first-order valence-corrected chi connectivity index (χ1v) is 20.6. The van der Waals surface area contributed by atoms with Gasteiger partial charge in [-0.05, 0) is 146 Å². The number of hydrazine groups is 2. The molecule has 12 nitrogen and oxygen atoms in total. The summed E-state index contributed by atoms with van der Waals surface area (Å²) in [4.78, 5) is 54.8. The van der Waals surface area contributed by atoms with Crippen molar-refractivity contribution in [2.75, 3.05) is 42.4 Å². The molecule has 4 amide bonds. The van der Waals surface area contributed by atoms with Crippen molar-refractivity contribution in [3.8, 4) is 11.5 Å². The summed E-state index contributed by atoms with van der Waals surface area (Å²) in [5, 5.41) is 5.52. The van der Waals surface area contributed by atoms with Gasteiger partial charge in [-0.3, -0.25) is 30.0 Å². The fourth-order valence-corrected chi connectivity index (χ4v) is 6.66. The van der Waals surface area contributed by atoms with Crippen LogP contribution in [0.25, 0.3) is 0 Å². The van der Waals surface area contributed by atoms with Crippen molar-refractivity contribution in [1.82, 2.24) is 31.1 Å². The second-order valence-corrected chi connectivity index (χ2v) is 17.4. The first kappa shape index (κ1) is 51.7. The van der Waals surface area contributed by atoms with Gasteiger partial charge in [0.15, 0.2) is 0 Å². The van der Waals surface area contributed by atoms with Crippen LogP contribution in [-0.2, 0) is 12.4 Å². The minimum absolute atomic E-state index is 0.118. The normalized spacial score (nSPS) is 11.0. The van der Waals surface area contributed by atoms with Gasteiger partial charge >= 0.3 is 0 Å². The number of halogens is 1. The number of carbonyl (C=O) groups is 4. The highest BCUT2D eigenvalue weighted by atomic mass is 35.5. The van der Waals surface area contributed by atoms with Gasteiger partial charge in [-0.2, -0.15) is 0 Å². The van der Waals surface area contributed by atoms with Crippen molar-refractivity contribution in [2.24, 2.45) is 0 Å². The van der Waals surface area contributed by atoms with Gasteiger partial charge in [-0.15, -0.1) is 11.6 Å². The van der Waals surface area contributed by atoms with E-state index in [1.165, 1.54) is 17.1 Å². The second-order valence-electron chi connectivity index (χ2n) is 17.1. The number of rotatable bonds is 9. The number of methoxy groups -OCH3 is 2. The van der Waals surface area contributed by atoms with Crippen molar-refractivity contribution >= 4 is 35.2 Å². The summed E-state index contributed by atoms with van der Waals surface area (Å²) in [7, 11) is 10.7. The van der Waals surface area contributed by atoms with Gasteiger partial charge in [0.1, 0.15) is 11.5 Å². The Labute approximate surface area is 368 Å². The topological polar surface area (TPSA) is 133 Å². The van der Waals surface area contributed by atoms with Crippen LogP contribution in [0.2, 0.25) is 0 Å². The summed E-state index contributed by atoms with van der Waals surface area (Å²) < 4.78 is 10.8. The van der Waals surface area contributed by atoms with Crippen molar-refractivity contribution in [3.63, 3.8) is 0 Å². The lowest BCUT2D eigenvalue weighted by atomic mass is 10.0. The summed E-state index contributed by atoms with van der Waals surface area (Å²) in [6, 6.07) is 21.8. The average Bonchev–Trinajstić information content (AvgIpc) is 3.16. The average molecular weight is 860 g/mol. The zero-order valence-electron chi connectivity index (χ0n) is 39.0. The highest BCUT2D eigenvalue weighted by molar-refractivity contribution is 6.18. The number of benzene rings is 4. The van der Waals surface area contributed by atoms with Crippen LogP contribution in [0.5, 0.6) is 11.5 Å². The maximum Gasteiger partial charge on any atom is 0.272 e. The molecule has 61 heavy (non-hydrogen) atoms. The van der Waals surface area contributed by atoms with E-state index in [0.29, 0.717) is 45.9 Å². The molecule has 0 bridgehead atoms. The van der Waals surface area contributed by atoms with E-state index in [1.54, 1.807) is 37.4 Å². The van der Waals surface area contributed by atoms with Gasteiger partial charge in [0.05, 0.1) is 31.2 Å². The van der Waals surface area contributed by atoms with Gasteiger partial charge in [0.2, 0.25) is 0 Å². The van der Waals surface area contributed by atoms with Gasteiger partial charge < -0.3 is 19.7 Å². The lowest BCUT2D eigenvalue weighted by Gasteiger charge is -2.36. The Balaban J connectivity index is 0.000000395. The third kappa shape index (κ3) is 14.9. The molecule has 4 aromatic carbocycles. The van der Waals surface area contributed by atoms with Crippen LogP contribution < -0.4 is 25.6 Å². The standard InChI is InChI=1S/C24H33N3O3.C22H27ClN2O3.C2H7N/c1-16-12-17(2)14-18(13-16)23(29)27(24(3,4)5)25-22(28)19-10-9-11-21(30-8)20(19)15-26(6)7;1-14-10-15(2)12-16(11-14)21(27)25(22(3,4)5)24-20(26)17-8-7-9-19(28-6)18(17)13-23;1-3-2/h9-14H,15H2,1-8H3,(H,25,28);7-12H,13H2,1-6H3,(H,24,26);3H,1-2H3. The number of carbonyl (C=O) groups excluding carboxylic acids is 4. The molecular formula is C48H67ClN6O6. The molecule has 0 saturated carbocycles. The first-order valence-electron chi connectivity index (χ1n) is 20.0. The predicted octanol–water partition coefficient (Wildman–Crippen LogP) is 8.43. The molecule has 4 rings (SSSR count). The summed E-state index contributed by atoms with van der Waals surface area (Å²) >= 11 is 6.04. The fraction of sp³-hybridized carbons (Fsp3) is 0.417. The van der Waals surface area contributed by atoms with Gasteiger partial charge in [0.25, 0.3) is 23.6 Å². The van der Waals surface area contributed by atoms with E-state index in [0.717, 1.165) is 27.8 Å². The Morgan fingerprint density at radius 2 is 0.918 bits per heavy atom. The van der Waals surface area contributed by atoms with Crippen molar-refractivity contribution in [3.05, 3.63) is 128 Å². The zero-order chi connectivity index (χ0) is 46.4. The van der Waals surface area contributed by atoms with Crippen LogP contribution in [0.1, 0.15) is 116 Å². The van der Waals surface area contributed by atoms with Crippen LogP contribution in [0.15, 0.2) is 72.8 Å². The summed E-state index contributed by atoms with van der Waals surface area (Å²) in [5.41, 5.74) is 11.6. The molecule has 0 spiro atoms. The number of hydrogen-bond acceptors (Lipinski definition) is 8. The number of alkyl halides is 1. The van der Waals surface area contributed by atoms with E-state index in [9.17, 15) is 19.2 Å². The number of nitrogens with zero attached hydrogens (tertiary/aromatic N) is 3. The minimum atomic E-state index is -0.635. The van der Waals surface area contributed by atoms with Gasteiger partial charge in [-0.1, -0.05) is 46.5 Å². The predicted molar refractivity (Wildman–Crippen MR) is 247 cm³/mol. The van der Waals surface area contributed by atoms with Crippen molar-refractivity contribution < 1.29 is 28.7 Å². The quantitative estimate of drug-likeness (QED) is 0.113. The highest BCUT2D eigenvalue weighted by Gasteiger charge is 2.32. The molecule has 0 fully saturated rings. The van der Waals surface area contributed by atoms with Crippen molar-refractivity contribution in [1.29, 1.82) is 0 Å². The zero-order valence-corrected chi connectivity index (χ0v) is 39.8. The number of hydrogen-bond donors (Lipinski definition) is 3. The molecule has 0 aromatic heterocycles. The second kappa shape index (κ2) is 23.0. The molecule has 332 valence electrons. The van der Waals surface area contributed by atoms with E-state index < -0.39 is 17.0 Å². The van der Waals surface area contributed by atoms with E-state index in [-0.39, 0.29) is 23.6 Å². The van der Waals surface area contributed by atoms with Gasteiger partial charge in [0, 0.05) is 39.9 Å². The monoisotopic (exact) mass is 858 g/mol. The molecule has 0 radical (unpaired) electrons. The molecule has 0 heterocycles. The molecule has 4 aromatic rings. The molecule has 0 unspecified atom stereocenters. The first-order chi connectivity index (χ1) is 28.4. The number of aryl methyl sites for hydroxylation is 4. The van der Waals surface area contributed by atoms with Crippen LogP contribution in [0.4, 0.5) is 0 Å². The minimum Gasteiger partial charge on any atom is -0.496 e. The SMILES string of the molecule is CNC.COc1cccc(C(=O)NN(C(=O)c2cc(C)cc(C)c2)C(C)(C)C)c1CCl.COc1cccc(C(=O)NN(C(=O)c2cc(C)cc(C)c2)C(C)(C)C)c1CN(C)C. The summed E-state index contributed by atoms with van der Waals surface area (Å²) in [5.74, 6) is 0.000918. The Morgan fingerprint density at radius 1 is 0.590 bits per heavy atom. The smallest absolute Gasteiger partial charge is 0.272 e. The maximum absolute atomic E-state index is 13.3. The van der Waals surface area contributed by atoms with Gasteiger partial charge in [-0.25, -0.2) is 10.0 Å². The molecule has 0 atom stereocenters. The largest absolute Gasteiger partial charge is 0.496 e. The van der Waals surface area contributed by atoms with E-state index in [2.05, 4.69) is 16.2 Å². The third-order valence-electron chi connectivity index (χ3n) is 8.91. The van der Waals surface area contributed by atoms with Crippen LogP contribution in [0.3, 0.4) is 0 Å². The lowest BCUT2D eigenvalue weighted by Crippen LogP contribution is -2.56. The summed E-state index contributed by atoms with van der Waals surface area (Å²) in [6.07, 6.45) is 0. The molecule has 0 aliphatic rings. The number of nitrogens with one attached hydrogen (secondary N) is 3. The molecular weight excluding hydrogens is 792 g/mol. The molecule has 0 aliphatic heterocycles. The van der Waals surface area contributed by atoms with E-state index in [1.807, 2.05) is 145 Å². The fourth-order valence-electron chi connectivity index (χ4n) is 6.38. The van der Waals surface area contributed by atoms with E-state index in [4.69, 9.17) is 21.1 Å². The Kier molecular flexibility index (Phi) is 19.5. The molecule has 3 N–H and O–H groups in total. The molecule has 0 aliphatic carbocycles. The highest BCUT2D eigenvalue weighted by Crippen LogP contribution is 2.27. The van der Waals surface area contributed by atoms with E-state index >= 15 is 0 Å². The molecule has 13 heteroatoms. The van der Waals surface area contributed by atoms with Crippen LogP contribution in [0, 0.1) is 27.7 Å². The van der Waals surface area contributed by atoms with Crippen LogP contribution in [-0.4, -0.2) is 92.0 Å². The number of amides is 4. The Morgan fingerprint density at radius 3 is 1.21 bits per heavy atom.